The molecule has 0 saturated heterocycles. The second-order valence-electron chi connectivity index (χ2n) is 17.9. The van der Waals surface area contributed by atoms with Crippen molar-refractivity contribution in [3.05, 3.63) is 210 Å². The van der Waals surface area contributed by atoms with E-state index in [0.29, 0.717) is 16.8 Å². The Balaban J connectivity index is 0.000000197. The number of aryl methyl sites for hydroxylation is 1. The molecule has 5 heteroatoms. The Morgan fingerprint density at radius 3 is 2.14 bits per heavy atom. The number of hydrogen-bond acceptors (Lipinski definition) is 3. The quantitative estimate of drug-likeness (QED) is 0.118. The minimum absolute atomic E-state index is 0. The summed E-state index contributed by atoms with van der Waals surface area (Å²) in [5, 5.41) is 2.19. The monoisotopic (exact) mass is 1060 g/mol. The predicted molar refractivity (Wildman–Crippen MR) is 264 cm³/mol. The van der Waals surface area contributed by atoms with Crippen LogP contribution in [-0.2, 0) is 26.5 Å². The van der Waals surface area contributed by atoms with E-state index in [-0.39, 0.29) is 31.6 Å². The van der Waals surface area contributed by atoms with Gasteiger partial charge in [-0.3, -0.25) is 4.99 Å². The first kappa shape index (κ1) is 37.9. The van der Waals surface area contributed by atoms with Gasteiger partial charge in [0, 0.05) is 31.4 Å². The molecule has 3 heterocycles. The van der Waals surface area contributed by atoms with Gasteiger partial charge in [0.05, 0.1) is 11.3 Å². The molecule has 10 rings (SSSR count). The molecule has 7 aromatic carbocycles. The van der Waals surface area contributed by atoms with Crippen LogP contribution in [0.5, 0.6) is 0 Å². The molecule has 1 radical (unpaired) electrons. The van der Waals surface area contributed by atoms with Gasteiger partial charge in [0.25, 0.3) is 0 Å². The Bertz CT molecular complexity index is 3280. The summed E-state index contributed by atoms with van der Waals surface area (Å²) >= 11 is -2.36. The van der Waals surface area contributed by atoms with E-state index in [2.05, 4.69) is 156 Å². The largest absolute Gasteiger partial charge is 0.501 e. The molecule has 315 valence electrons. The van der Waals surface area contributed by atoms with Gasteiger partial charge >= 0.3 is 145 Å². The zero-order valence-electron chi connectivity index (χ0n) is 41.4. The number of benzene rings is 7. The molecule has 1 unspecified atom stereocenters. The van der Waals surface area contributed by atoms with Gasteiger partial charge in [-0.15, -0.1) is 18.2 Å². The van der Waals surface area contributed by atoms with E-state index >= 15 is 0 Å². The summed E-state index contributed by atoms with van der Waals surface area (Å²) in [4.78, 5) is 9.83. The number of nitrogens with zero attached hydrogens (tertiary/aromatic N) is 2. The number of aliphatic imine (C=N–C) groups is 1. The standard InChI is InChI=1S/C38H24NO.C20H28GeN.Ir/c1-3-12-25(13-4-1)27-22-23-28(26-14-5-2-6-15-26)33(24-27)36-31-17-7-9-20-34(31)39-37(36)32-19-11-18-30-29-16-8-10-21-35(29)40-38(30)32;1-15-8-10-16(11-9-15)19-12-17(13-20(2,3)4)18(14-22-19)21(5,6)7;/h1-18,20-24,36H;8-10,12,14H,13H2,1-7H3;/q2*-1;/i;1D3,13D2;. The van der Waals surface area contributed by atoms with E-state index in [0.717, 1.165) is 43.3 Å². The molecule has 0 N–H and O–H groups in total. The molecule has 3 nitrogen and oxygen atoms in total. The number of rotatable bonds is 7. The maximum atomic E-state index is 8.80. The molecular weight excluding hydrogens is 1010 g/mol. The van der Waals surface area contributed by atoms with Crippen LogP contribution in [0.1, 0.15) is 61.4 Å². The van der Waals surface area contributed by atoms with Crippen LogP contribution < -0.4 is 4.40 Å². The number of hydrogen-bond donors (Lipinski definition) is 0. The van der Waals surface area contributed by atoms with E-state index in [1.807, 2.05) is 51.2 Å². The molecule has 1 aliphatic heterocycles. The third kappa shape index (κ3) is 9.36. The third-order valence-corrected chi connectivity index (χ3v) is 15.4. The summed E-state index contributed by atoms with van der Waals surface area (Å²) < 4.78 is 47.6. The minimum Gasteiger partial charge on any atom is -0.501 e. The van der Waals surface area contributed by atoms with Gasteiger partial charge in [-0.25, -0.2) is 0 Å². The van der Waals surface area contributed by atoms with Crippen molar-refractivity contribution in [2.24, 2.45) is 10.4 Å². The van der Waals surface area contributed by atoms with Crippen LogP contribution in [0.3, 0.4) is 0 Å². The van der Waals surface area contributed by atoms with E-state index in [1.165, 1.54) is 39.4 Å². The molecule has 1 atom stereocenters. The van der Waals surface area contributed by atoms with Crippen LogP contribution in [0.15, 0.2) is 179 Å². The Morgan fingerprint density at radius 2 is 1.43 bits per heavy atom. The number of furan rings is 1. The molecule has 2 aromatic heterocycles. The van der Waals surface area contributed by atoms with Crippen molar-refractivity contribution < 1.29 is 31.4 Å². The van der Waals surface area contributed by atoms with Crippen LogP contribution in [0.25, 0.3) is 55.4 Å². The second-order valence-corrected chi connectivity index (χ2v) is 28.5. The van der Waals surface area contributed by atoms with E-state index < -0.39 is 31.9 Å². The van der Waals surface area contributed by atoms with Crippen LogP contribution in [0, 0.1) is 24.4 Å². The molecule has 0 bridgehead atoms. The van der Waals surface area contributed by atoms with Crippen LogP contribution in [0.2, 0.25) is 17.3 Å². The van der Waals surface area contributed by atoms with Crippen molar-refractivity contribution in [1.29, 1.82) is 0 Å². The summed E-state index contributed by atoms with van der Waals surface area (Å²) in [6.07, 6.45) is 0.303. The summed E-state index contributed by atoms with van der Waals surface area (Å²) in [5.41, 5.74) is 13.4. The summed E-state index contributed by atoms with van der Waals surface area (Å²) in [7, 11) is 0. The minimum atomic E-state index is -2.36. The molecular formula is C58H52GeIrN2O-2. The van der Waals surface area contributed by atoms with E-state index in [9.17, 15) is 0 Å². The van der Waals surface area contributed by atoms with E-state index in [1.54, 1.807) is 12.1 Å². The van der Waals surface area contributed by atoms with Crippen molar-refractivity contribution in [3.8, 4) is 33.5 Å². The van der Waals surface area contributed by atoms with Crippen molar-refractivity contribution >= 4 is 51.0 Å². The molecule has 0 amide bonds. The first-order chi connectivity index (χ1) is 31.9. The summed E-state index contributed by atoms with van der Waals surface area (Å²) in [6.45, 7) is 3.55. The zero-order chi connectivity index (χ0) is 47.3. The third-order valence-electron chi connectivity index (χ3n) is 11.2. The predicted octanol–water partition coefficient (Wildman–Crippen LogP) is 15.0. The Labute approximate surface area is 396 Å². The summed E-state index contributed by atoms with van der Waals surface area (Å²) in [6, 6.07) is 61.9. The number of para-hydroxylation sites is 2. The molecule has 9 aromatic rings. The van der Waals surface area contributed by atoms with Crippen LogP contribution >= 0.6 is 0 Å². The molecule has 63 heavy (non-hydrogen) atoms. The molecule has 0 fully saturated rings. The van der Waals surface area contributed by atoms with Crippen molar-refractivity contribution in [3.63, 3.8) is 0 Å². The maximum Gasteiger partial charge on any atom is 0.120 e. The second kappa shape index (κ2) is 18.2. The number of aromatic nitrogens is 1. The van der Waals surface area contributed by atoms with Crippen molar-refractivity contribution in [2.45, 2.75) is 57.2 Å². The fraction of sp³-hybridized carbons (Fsp3) is 0.172. The average Bonchev–Trinajstić information content (AvgIpc) is 3.90. The topological polar surface area (TPSA) is 38.4 Å². The average molecular weight is 1060 g/mol. The zero-order valence-corrected chi connectivity index (χ0v) is 40.9. The van der Waals surface area contributed by atoms with Gasteiger partial charge < -0.3 is 4.42 Å². The Hall–Kier alpha value is -5.65. The molecule has 1 aliphatic rings. The van der Waals surface area contributed by atoms with Gasteiger partial charge in [-0.1, -0.05) is 126 Å². The van der Waals surface area contributed by atoms with Crippen molar-refractivity contribution in [1.82, 2.24) is 4.98 Å². The van der Waals surface area contributed by atoms with Crippen molar-refractivity contribution in [2.75, 3.05) is 0 Å². The molecule has 0 spiro atoms. The Kier molecular flexibility index (Phi) is 10.9. The first-order valence-electron chi connectivity index (χ1n) is 23.7. The first-order valence-corrected chi connectivity index (χ1v) is 28.5. The van der Waals surface area contributed by atoms with Gasteiger partial charge in [0.2, 0.25) is 0 Å². The fourth-order valence-electron chi connectivity index (χ4n) is 8.36. The summed E-state index contributed by atoms with van der Waals surface area (Å²) in [5.74, 6) is 6.62. The smallest absolute Gasteiger partial charge is 0.120 e. The Morgan fingerprint density at radius 1 is 0.714 bits per heavy atom. The normalized spacial score (nSPS) is 15.1. The van der Waals surface area contributed by atoms with Gasteiger partial charge in [-0.05, 0) is 51.2 Å². The number of pyridine rings is 1. The van der Waals surface area contributed by atoms with Gasteiger partial charge in [0.15, 0.2) is 0 Å². The fourth-order valence-corrected chi connectivity index (χ4v) is 11.3. The van der Waals surface area contributed by atoms with Gasteiger partial charge in [-0.2, -0.15) is 0 Å². The van der Waals surface area contributed by atoms with Gasteiger partial charge in [0.1, 0.15) is 5.58 Å². The maximum absolute atomic E-state index is 8.80. The van der Waals surface area contributed by atoms with Crippen LogP contribution in [0.4, 0.5) is 5.69 Å². The SMILES string of the molecule is [2H]C([2H])([2H])c1c[c-]c(-c2cc(C([2H])([2H])C(C)(C)C)[c]([Ge]([CH3])([CH3])[CH3])cn2)cc1.[Ir].[c-]1ccc2c(oc3ccccc32)c1C1=Nc2ccccc2C1c1cc(-c2ccccc2)ccc1-c1ccccc1. The number of fused-ring (bicyclic) bond motifs is 4. The molecule has 0 saturated carbocycles. The van der Waals surface area contributed by atoms with E-state index in [4.69, 9.17) is 16.3 Å². The van der Waals surface area contributed by atoms with Crippen LogP contribution in [-0.4, -0.2) is 24.0 Å². The molecule has 0 aliphatic carbocycles.